The summed E-state index contributed by atoms with van der Waals surface area (Å²) in [5.41, 5.74) is 2.42. The fourth-order valence-corrected chi connectivity index (χ4v) is 4.73. The van der Waals surface area contributed by atoms with Crippen molar-refractivity contribution in [1.82, 2.24) is 4.90 Å². The van der Waals surface area contributed by atoms with E-state index in [0.29, 0.717) is 10.7 Å². The van der Waals surface area contributed by atoms with E-state index < -0.39 is 0 Å². The van der Waals surface area contributed by atoms with Gasteiger partial charge in [-0.05, 0) is 32.1 Å². The molecule has 0 fully saturated rings. The number of anilines is 1. The standard InChI is InChI=1S/C18H22N2S2/c1-14-9-5-4-8-12-21-15(2)19(14)13-20-16(3)22-18-11-7-6-10-17(18)20/h4-11,15-16H,1,12-13H2,2-3H3/b8-4-,9-5-/t15-,16+/m1/s1. The summed E-state index contributed by atoms with van der Waals surface area (Å²) < 4.78 is 0. The van der Waals surface area contributed by atoms with E-state index in [1.807, 2.05) is 23.5 Å². The normalized spacial score (nSPS) is 27.8. The molecule has 2 nitrogen and oxygen atoms in total. The zero-order valence-corrected chi connectivity index (χ0v) is 14.7. The smallest absolute Gasteiger partial charge is 0.0924 e. The first-order valence-corrected chi connectivity index (χ1v) is 9.52. The van der Waals surface area contributed by atoms with Gasteiger partial charge in [0.15, 0.2) is 0 Å². The number of rotatable bonds is 2. The van der Waals surface area contributed by atoms with Gasteiger partial charge in [-0.3, -0.25) is 0 Å². The van der Waals surface area contributed by atoms with Crippen LogP contribution in [0.3, 0.4) is 0 Å². The highest BCUT2D eigenvalue weighted by Crippen LogP contribution is 2.43. The fraction of sp³-hybridized carbons (Fsp3) is 0.333. The predicted octanol–water partition coefficient (Wildman–Crippen LogP) is 4.92. The van der Waals surface area contributed by atoms with Crippen LogP contribution >= 0.6 is 23.5 Å². The Morgan fingerprint density at radius 2 is 1.95 bits per heavy atom. The summed E-state index contributed by atoms with van der Waals surface area (Å²) in [4.78, 5) is 6.25. The van der Waals surface area contributed by atoms with E-state index in [-0.39, 0.29) is 0 Å². The molecule has 0 radical (unpaired) electrons. The Kier molecular flexibility index (Phi) is 4.89. The molecule has 2 aliphatic rings. The minimum atomic E-state index is 0.407. The molecule has 0 aliphatic carbocycles. The van der Waals surface area contributed by atoms with E-state index in [9.17, 15) is 0 Å². The largest absolute Gasteiger partial charge is 0.343 e. The summed E-state index contributed by atoms with van der Waals surface area (Å²) in [7, 11) is 0. The number of para-hydroxylation sites is 1. The second kappa shape index (κ2) is 6.88. The van der Waals surface area contributed by atoms with E-state index in [1.165, 1.54) is 10.6 Å². The molecule has 0 spiro atoms. The fourth-order valence-electron chi connectivity index (χ4n) is 2.71. The van der Waals surface area contributed by atoms with Crippen molar-refractivity contribution in [3.8, 4) is 0 Å². The SMILES string of the molecule is C=C1/C=C\C=C/CS[C@H](C)N1CN1c2ccccc2S[C@H]1C. The lowest BCUT2D eigenvalue weighted by atomic mass is 10.3. The molecular formula is C18H22N2S2. The van der Waals surface area contributed by atoms with Crippen LogP contribution in [0.25, 0.3) is 0 Å². The molecule has 1 aromatic rings. The maximum Gasteiger partial charge on any atom is 0.0924 e. The van der Waals surface area contributed by atoms with Gasteiger partial charge in [0.25, 0.3) is 0 Å². The third kappa shape index (κ3) is 3.23. The Labute approximate surface area is 141 Å². The molecule has 0 bridgehead atoms. The second-order valence-electron chi connectivity index (χ2n) is 5.48. The minimum absolute atomic E-state index is 0.407. The molecule has 0 N–H and O–H groups in total. The maximum absolute atomic E-state index is 4.27. The van der Waals surface area contributed by atoms with Crippen molar-refractivity contribution in [3.63, 3.8) is 0 Å². The predicted molar refractivity (Wildman–Crippen MR) is 100 cm³/mol. The molecular weight excluding hydrogens is 308 g/mol. The first-order chi connectivity index (χ1) is 10.7. The van der Waals surface area contributed by atoms with Crippen LogP contribution in [0.4, 0.5) is 5.69 Å². The summed E-state index contributed by atoms with van der Waals surface area (Å²) in [5.74, 6) is 1.04. The summed E-state index contributed by atoms with van der Waals surface area (Å²) in [6.45, 7) is 9.69. The molecule has 3 rings (SSSR count). The average Bonchev–Trinajstić information content (AvgIpc) is 2.85. The van der Waals surface area contributed by atoms with Gasteiger partial charge in [-0.2, -0.15) is 0 Å². The van der Waals surface area contributed by atoms with Gasteiger partial charge in [0.05, 0.1) is 23.1 Å². The first kappa shape index (κ1) is 15.6. The van der Waals surface area contributed by atoms with Crippen LogP contribution in [0.2, 0.25) is 0 Å². The van der Waals surface area contributed by atoms with Crippen LogP contribution in [0, 0.1) is 0 Å². The van der Waals surface area contributed by atoms with Gasteiger partial charge < -0.3 is 9.80 Å². The zero-order valence-electron chi connectivity index (χ0n) is 13.1. The van der Waals surface area contributed by atoms with E-state index in [1.54, 1.807) is 0 Å². The zero-order chi connectivity index (χ0) is 15.5. The molecule has 0 unspecified atom stereocenters. The van der Waals surface area contributed by atoms with Crippen molar-refractivity contribution in [3.05, 3.63) is 60.8 Å². The number of allylic oxidation sites excluding steroid dienone is 3. The Balaban J connectivity index is 1.82. The molecule has 0 amide bonds. The molecule has 2 heterocycles. The Hall–Kier alpha value is -1.26. The second-order valence-corrected chi connectivity index (χ2v) is 8.18. The summed E-state index contributed by atoms with van der Waals surface area (Å²) in [5, 5.41) is 0.863. The number of nitrogens with zero attached hydrogens (tertiary/aromatic N) is 2. The van der Waals surface area contributed by atoms with Crippen molar-refractivity contribution >= 4 is 29.2 Å². The topological polar surface area (TPSA) is 6.48 Å². The van der Waals surface area contributed by atoms with Crippen LogP contribution in [-0.2, 0) is 0 Å². The maximum atomic E-state index is 4.27. The van der Waals surface area contributed by atoms with E-state index in [4.69, 9.17) is 0 Å². The van der Waals surface area contributed by atoms with Gasteiger partial charge in [0.2, 0.25) is 0 Å². The highest BCUT2D eigenvalue weighted by Gasteiger charge is 2.29. The number of benzene rings is 1. The Morgan fingerprint density at radius 1 is 1.14 bits per heavy atom. The van der Waals surface area contributed by atoms with Crippen molar-refractivity contribution in [2.24, 2.45) is 0 Å². The number of fused-ring (bicyclic) bond motifs is 1. The van der Waals surface area contributed by atoms with Crippen LogP contribution in [0.5, 0.6) is 0 Å². The Bertz CT molecular complexity index is 609. The highest BCUT2D eigenvalue weighted by molar-refractivity contribution is 8.00. The van der Waals surface area contributed by atoms with E-state index >= 15 is 0 Å². The average molecular weight is 331 g/mol. The first-order valence-electron chi connectivity index (χ1n) is 7.59. The van der Waals surface area contributed by atoms with Crippen LogP contribution in [0.15, 0.2) is 65.7 Å². The van der Waals surface area contributed by atoms with Gasteiger partial charge in [0, 0.05) is 16.3 Å². The molecule has 2 aliphatic heterocycles. The summed E-state index contributed by atoms with van der Waals surface area (Å²) >= 11 is 3.88. The lowest BCUT2D eigenvalue weighted by Crippen LogP contribution is -2.42. The van der Waals surface area contributed by atoms with Crippen molar-refractivity contribution < 1.29 is 0 Å². The van der Waals surface area contributed by atoms with Crippen LogP contribution in [0.1, 0.15) is 13.8 Å². The van der Waals surface area contributed by atoms with Gasteiger partial charge in [-0.1, -0.05) is 48.7 Å². The summed E-state index contributed by atoms with van der Waals surface area (Å²) in [6.07, 6.45) is 8.51. The molecule has 0 aromatic heterocycles. The molecule has 22 heavy (non-hydrogen) atoms. The van der Waals surface area contributed by atoms with Crippen molar-refractivity contribution in [1.29, 1.82) is 0 Å². The molecule has 0 saturated carbocycles. The highest BCUT2D eigenvalue weighted by atomic mass is 32.2. The van der Waals surface area contributed by atoms with E-state index in [0.717, 1.165) is 18.1 Å². The minimum Gasteiger partial charge on any atom is -0.343 e. The van der Waals surface area contributed by atoms with Crippen molar-refractivity contribution in [2.75, 3.05) is 17.3 Å². The molecule has 1 aromatic carbocycles. The molecule has 0 saturated heterocycles. The van der Waals surface area contributed by atoms with Gasteiger partial charge in [0.1, 0.15) is 0 Å². The van der Waals surface area contributed by atoms with Crippen LogP contribution in [-0.4, -0.2) is 28.1 Å². The van der Waals surface area contributed by atoms with Gasteiger partial charge >= 0.3 is 0 Å². The number of thioether (sulfide) groups is 2. The number of hydrogen-bond donors (Lipinski definition) is 0. The lowest BCUT2D eigenvalue weighted by molar-refractivity contribution is 0.345. The monoisotopic (exact) mass is 330 g/mol. The van der Waals surface area contributed by atoms with Crippen molar-refractivity contribution in [2.45, 2.75) is 29.5 Å². The van der Waals surface area contributed by atoms with E-state index in [2.05, 4.69) is 78.8 Å². The van der Waals surface area contributed by atoms with Crippen LogP contribution < -0.4 is 4.90 Å². The number of hydrogen-bond acceptors (Lipinski definition) is 4. The quantitative estimate of drug-likeness (QED) is 0.758. The van der Waals surface area contributed by atoms with Gasteiger partial charge in [-0.15, -0.1) is 11.8 Å². The molecule has 2 atom stereocenters. The molecule has 116 valence electrons. The molecule has 4 heteroatoms. The third-order valence-corrected chi connectivity index (χ3v) is 6.31. The Morgan fingerprint density at radius 3 is 2.82 bits per heavy atom. The third-order valence-electron chi connectivity index (χ3n) is 3.99. The van der Waals surface area contributed by atoms with Gasteiger partial charge in [-0.25, -0.2) is 0 Å². The lowest BCUT2D eigenvalue weighted by Gasteiger charge is -2.37. The summed E-state index contributed by atoms with van der Waals surface area (Å²) in [6, 6.07) is 8.68.